The number of benzene rings is 2. The van der Waals surface area contributed by atoms with Crippen LogP contribution >= 0.6 is 0 Å². The van der Waals surface area contributed by atoms with E-state index in [1.807, 2.05) is 0 Å². The number of nitrogens with one attached hydrogen (secondary N) is 1. The summed E-state index contributed by atoms with van der Waals surface area (Å²) in [6.07, 6.45) is -1.38. The highest BCUT2D eigenvalue weighted by molar-refractivity contribution is 5.95. The first kappa shape index (κ1) is 19.0. The second kappa shape index (κ2) is 7.82. The van der Waals surface area contributed by atoms with Crippen LogP contribution in [0.4, 0.5) is 15.8 Å². The summed E-state index contributed by atoms with van der Waals surface area (Å²) in [5, 5.41) is 17.6. The maximum Gasteiger partial charge on any atom is 0.312 e. The molecular formula is C18H14FN3O6. The molecule has 0 fully saturated rings. The third-order valence-corrected chi connectivity index (χ3v) is 3.85. The number of ether oxygens (including phenoxy) is 1. The molecule has 9 nitrogen and oxygen atoms in total. The average molecular weight is 387 g/mol. The molecule has 2 aromatic carbocycles. The molecule has 0 saturated heterocycles. The number of aromatic nitrogens is 1. The van der Waals surface area contributed by atoms with Crippen molar-refractivity contribution in [2.24, 2.45) is 0 Å². The van der Waals surface area contributed by atoms with Crippen LogP contribution in [0, 0.1) is 15.9 Å². The Balaban J connectivity index is 1.61. The molecule has 0 aliphatic heterocycles. The van der Waals surface area contributed by atoms with Gasteiger partial charge in [-0.15, -0.1) is 0 Å². The van der Waals surface area contributed by atoms with Crippen LogP contribution in [0.5, 0.6) is 0 Å². The van der Waals surface area contributed by atoms with Crippen LogP contribution in [0.3, 0.4) is 0 Å². The lowest BCUT2D eigenvalue weighted by atomic mass is 10.2. The fourth-order valence-corrected chi connectivity index (χ4v) is 2.47. The predicted octanol–water partition coefficient (Wildman–Crippen LogP) is 2.99. The zero-order chi connectivity index (χ0) is 20.3. The van der Waals surface area contributed by atoms with E-state index in [0.29, 0.717) is 16.7 Å². The normalized spacial score (nSPS) is 11.8. The van der Waals surface area contributed by atoms with Gasteiger partial charge in [-0.2, -0.15) is 4.39 Å². The van der Waals surface area contributed by atoms with Gasteiger partial charge in [0.2, 0.25) is 5.82 Å². The van der Waals surface area contributed by atoms with Crippen molar-refractivity contribution >= 4 is 34.2 Å². The number of carbonyl (C=O) groups excluding carboxylic acids is 2. The zero-order valence-electron chi connectivity index (χ0n) is 14.5. The molecule has 28 heavy (non-hydrogen) atoms. The van der Waals surface area contributed by atoms with Crippen molar-refractivity contribution in [3.05, 3.63) is 64.1 Å². The van der Waals surface area contributed by atoms with Gasteiger partial charge in [-0.3, -0.25) is 19.7 Å². The summed E-state index contributed by atoms with van der Waals surface area (Å²) in [4.78, 5) is 34.1. The molecule has 0 bridgehead atoms. The number of rotatable bonds is 6. The number of fused-ring (bicyclic) bond motifs is 1. The Hall–Kier alpha value is -3.82. The largest absolute Gasteiger partial charge is 0.452 e. The Morgan fingerprint density at radius 2 is 2.07 bits per heavy atom. The lowest BCUT2D eigenvalue weighted by Gasteiger charge is -2.13. The van der Waals surface area contributed by atoms with Crippen LogP contribution < -0.4 is 5.32 Å². The first-order valence-corrected chi connectivity index (χ1v) is 8.12. The van der Waals surface area contributed by atoms with Crippen molar-refractivity contribution in [3.8, 4) is 0 Å². The van der Waals surface area contributed by atoms with Crippen LogP contribution in [-0.4, -0.2) is 28.1 Å². The molecule has 0 aliphatic carbocycles. The Morgan fingerprint density at radius 3 is 2.82 bits per heavy atom. The van der Waals surface area contributed by atoms with Crippen LogP contribution in [0.15, 0.2) is 47.0 Å². The van der Waals surface area contributed by atoms with Crippen molar-refractivity contribution in [1.82, 2.24) is 5.16 Å². The number of esters is 1. The smallest absolute Gasteiger partial charge is 0.312 e. The van der Waals surface area contributed by atoms with E-state index in [0.717, 1.165) is 18.2 Å². The summed E-state index contributed by atoms with van der Waals surface area (Å²) < 4.78 is 23.5. The molecule has 0 saturated carbocycles. The number of anilines is 1. The molecule has 1 N–H and O–H groups in total. The van der Waals surface area contributed by atoms with E-state index >= 15 is 0 Å². The minimum Gasteiger partial charge on any atom is -0.452 e. The van der Waals surface area contributed by atoms with Crippen LogP contribution in [0.2, 0.25) is 0 Å². The van der Waals surface area contributed by atoms with Gasteiger partial charge in [-0.25, -0.2) is 0 Å². The number of nitro benzene ring substituents is 1. The quantitative estimate of drug-likeness (QED) is 0.391. The fourth-order valence-electron chi connectivity index (χ4n) is 2.47. The van der Waals surface area contributed by atoms with E-state index in [2.05, 4.69) is 10.5 Å². The number of hydrogen-bond donors (Lipinski definition) is 1. The second-order valence-electron chi connectivity index (χ2n) is 5.85. The molecule has 3 rings (SSSR count). The molecule has 0 spiro atoms. The topological polar surface area (TPSA) is 125 Å². The summed E-state index contributed by atoms with van der Waals surface area (Å²) in [5.74, 6) is -2.45. The molecule has 3 aromatic rings. The van der Waals surface area contributed by atoms with Crippen molar-refractivity contribution in [3.63, 3.8) is 0 Å². The van der Waals surface area contributed by atoms with Crippen LogP contribution in [0.1, 0.15) is 12.6 Å². The summed E-state index contributed by atoms with van der Waals surface area (Å²) in [6.45, 7) is 1.34. The summed E-state index contributed by atoms with van der Waals surface area (Å²) in [7, 11) is 0. The number of nitrogens with zero attached hydrogens (tertiary/aromatic N) is 2. The third kappa shape index (κ3) is 4.11. The van der Waals surface area contributed by atoms with Crippen LogP contribution in [0.25, 0.3) is 11.0 Å². The van der Waals surface area contributed by atoms with E-state index in [-0.39, 0.29) is 12.1 Å². The van der Waals surface area contributed by atoms with Gasteiger partial charge >= 0.3 is 11.7 Å². The molecule has 1 atom stereocenters. The second-order valence-corrected chi connectivity index (χ2v) is 5.85. The van der Waals surface area contributed by atoms with Gasteiger partial charge in [0.25, 0.3) is 5.91 Å². The average Bonchev–Trinajstić information content (AvgIpc) is 3.06. The maximum atomic E-state index is 13.3. The molecule has 1 aromatic heterocycles. The van der Waals surface area contributed by atoms with Crippen molar-refractivity contribution in [1.29, 1.82) is 0 Å². The predicted molar refractivity (Wildman–Crippen MR) is 95.0 cm³/mol. The molecule has 10 heteroatoms. The van der Waals surface area contributed by atoms with Crippen molar-refractivity contribution in [2.75, 3.05) is 5.32 Å². The molecule has 0 aliphatic rings. The summed E-state index contributed by atoms with van der Waals surface area (Å²) in [5.41, 5.74) is 0.125. The number of carbonyl (C=O) groups is 2. The fraction of sp³-hybridized carbons (Fsp3) is 0.167. The Bertz CT molecular complexity index is 1060. The molecular weight excluding hydrogens is 373 g/mol. The minimum atomic E-state index is -1.19. The number of amides is 1. The van der Waals surface area contributed by atoms with E-state index in [9.17, 15) is 24.1 Å². The van der Waals surface area contributed by atoms with Gasteiger partial charge in [0.1, 0.15) is 5.69 Å². The van der Waals surface area contributed by atoms with Crippen molar-refractivity contribution < 1.29 is 28.2 Å². The molecule has 144 valence electrons. The van der Waals surface area contributed by atoms with E-state index in [1.165, 1.54) is 6.92 Å². The van der Waals surface area contributed by atoms with E-state index in [4.69, 9.17) is 9.26 Å². The first-order chi connectivity index (χ1) is 13.3. The number of halogens is 1. The highest BCUT2D eigenvalue weighted by Crippen LogP contribution is 2.22. The molecule has 0 radical (unpaired) electrons. The lowest BCUT2D eigenvalue weighted by molar-refractivity contribution is -0.387. The highest BCUT2D eigenvalue weighted by Gasteiger charge is 2.21. The number of nitro groups is 1. The number of para-hydroxylation sites is 1. The van der Waals surface area contributed by atoms with Gasteiger partial charge in [0, 0.05) is 17.1 Å². The van der Waals surface area contributed by atoms with Crippen molar-refractivity contribution in [2.45, 2.75) is 19.4 Å². The SMILES string of the molecule is C[C@@H](OC(=O)Cc1noc2ccccc12)C(=O)Nc1ccc(F)c([N+](=O)[O-])c1. The van der Waals surface area contributed by atoms with E-state index < -0.39 is 34.4 Å². The van der Waals surface area contributed by atoms with Gasteiger partial charge in [0.15, 0.2) is 11.7 Å². The van der Waals surface area contributed by atoms with Gasteiger partial charge < -0.3 is 14.6 Å². The Kier molecular flexibility index (Phi) is 5.30. The Labute approximate surface area is 157 Å². The zero-order valence-corrected chi connectivity index (χ0v) is 14.5. The minimum absolute atomic E-state index is 0.00324. The maximum absolute atomic E-state index is 13.3. The number of hydrogen-bond acceptors (Lipinski definition) is 7. The Morgan fingerprint density at radius 1 is 1.32 bits per heavy atom. The summed E-state index contributed by atoms with van der Waals surface area (Å²) >= 11 is 0. The third-order valence-electron chi connectivity index (χ3n) is 3.85. The standard InChI is InChI=1S/C18H14FN3O6/c1-10(18(24)20-11-6-7-13(19)15(8-11)22(25)26)27-17(23)9-14-12-4-2-3-5-16(12)28-21-14/h2-8,10H,9H2,1H3,(H,20,24)/t10-/m1/s1. The first-order valence-electron chi connectivity index (χ1n) is 8.12. The van der Waals surface area contributed by atoms with Crippen LogP contribution in [-0.2, 0) is 20.7 Å². The summed E-state index contributed by atoms with van der Waals surface area (Å²) in [6, 6.07) is 9.88. The lowest BCUT2D eigenvalue weighted by Crippen LogP contribution is -2.30. The molecule has 1 amide bonds. The van der Waals surface area contributed by atoms with Gasteiger partial charge in [0.05, 0.1) is 11.3 Å². The van der Waals surface area contributed by atoms with E-state index in [1.54, 1.807) is 24.3 Å². The highest BCUT2D eigenvalue weighted by atomic mass is 19.1. The van der Waals surface area contributed by atoms with Gasteiger partial charge in [-0.05, 0) is 31.2 Å². The monoisotopic (exact) mass is 387 g/mol. The van der Waals surface area contributed by atoms with Gasteiger partial charge in [-0.1, -0.05) is 17.3 Å². The molecule has 0 unspecified atom stereocenters. The molecule has 1 heterocycles.